The standard InChI is InChI=1S/C25H25F2N3O6/c1-25(2,3)36-24(34)29(4)14-17(21-28-12-13-30(21)23(32)33)15-8-10-16(11-9-15)35-22(31)20-18(26)6-5-7-19(20)27/h5-13,17H,14H2,1-4H3,(H,32,33). The molecule has 2 aromatic carbocycles. The molecule has 36 heavy (non-hydrogen) atoms. The second kappa shape index (κ2) is 10.5. The molecule has 0 spiro atoms. The molecule has 11 heteroatoms. The number of hydrogen-bond donors (Lipinski definition) is 1. The molecule has 0 aliphatic heterocycles. The monoisotopic (exact) mass is 501 g/mol. The summed E-state index contributed by atoms with van der Waals surface area (Å²) in [5, 5.41) is 9.54. The summed E-state index contributed by atoms with van der Waals surface area (Å²) in [4.78, 5) is 41.9. The van der Waals surface area contributed by atoms with Crippen LogP contribution in [-0.2, 0) is 4.74 Å². The molecule has 1 heterocycles. The highest BCUT2D eigenvalue weighted by atomic mass is 19.1. The van der Waals surface area contributed by atoms with Gasteiger partial charge in [-0.15, -0.1) is 0 Å². The zero-order chi connectivity index (χ0) is 26.6. The van der Waals surface area contributed by atoms with Crippen molar-refractivity contribution in [1.82, 2.24) is 14.5 Å². The van der Waals surface area contributed by atoms with Gasteiger partial charge in [0.05, 0.1) is 5.92 Å². The lowest BCUT2D eigenvalue weighted by atomic mass is 9.97. The second-order valence-electron chi connectivity index (χ2n) is 8.91. The topological polar surface area (TPSA) is 111 Å². The van der Waals surface area contributed by atoms with E-state index in [1.807, 2.05) is 0 Å². The number of ether oxygens (including phenoxy) is 2. The molecule has 1 amide bonds. The van der Waals surface area contributed by atoms with Crippen molar-refractivity contribution >= 4 is 18.2 Å². The van der Waals surface area contributed by atoms with Gasteiger partial charge in [-0.25, -0.2) is 32.7 Å². The highest BCUT2D eigenvalue weighted by Crippen LogP contribution is 2.27. The van der Waals surface area contributed by atoms with Crippen molar-refractivity contribution in [3.63, 3.8) is 0 Å². The van der Waals surface area contributed by atoms with Crippen LogP contribution in [0.1, 0.15) is 48.4 Å². The third kappa shape index (κ3) is 6.23. The molecule has 1 unspecified atom stereocenters. The molecule has 0 bridgehead atoms. The van der Waals surface area contributed by atoms with E-state index in [-0.39, 0.29) is 18.1 Å². The van der Waals surface area contributed by atoms with Crippen LogP contribution < -0.4 is 4.74 Å². The number of carboxylic acid groups (broad SMARTS) is 1. The van der Waals surface area contributed by atoms with Crippen molar-refractivity contribution in [2.24, 2.45) is 0 Å². The van der Waals surface area contributed by atoms with Crippen LogP contribution in [0.4, 0.5) is 18.4 Å². The van der Waals surface area contributed by atoms with Gasteiger partial charge in [-0.1, -0.05) is 18.2 Å². The maximum Gasteiger partial charge on any atom is 0.417 e. The Morgan fingerprint density at radius 2 is 1.69 bits per heavy atom. The first-order chi connectivity index (χ1) is 16.9. The van der Waals surface area contributed by atoms with E-state index in [0.717, 1.165) is 22.8 Å². The molecular weight excluding hydrogens is 476 g/mol. The number of carbonyl (C=O) groups is 3. The van der Waals surface area contributed by atoms with Crippen LogP contribution in [0.25, 0.3) is 0 Å². The van der Waals surface area contributed by atoms with Gasteiger partial charge in [0.25, 0.3) is 0 Å². The maximum absolute atomic E-state index is 13.9. The van der Waals surface area contributed by atoms with Crippen LogP contribution in [-0.4, -0.2) is 56.9 Å². The van der Waals surface area contributed by atoms with Gasteiger partial charge in [0.2, 0.25) is 0 Å². The van der Waals surface area contributed by atoms with Crippen LogP contribution >= 0.6 is 0 Å². The minimum Gasteiger partial charge on any atom is -0.464 e. The summed E-state index contributed by atoms with van der Waals surface area (Å²) in [7, 11) is 1.51. The normalized spacial score (nSPS) is 12.1. The van der Waals surface area contributed by atoms with Crippen molar-refractivity contribution in [2.75, 3.05) is 13.6 Å². The fourth-order valence-electron chi connectivity index (χ4n) is 3.38. The lowest BCUT2D eigenvalue weighted by molar-refractivity contribution is 0.0292. The lowest BCUT2D eigenvalue weighted by Crippen LogP contribution is -2.37. The Hall–Kier alpha value is -4.28. The quantitative estimate of drug-likeness (QED) is 0.378. The van der Waals surface area contributed by atoms with Gasteiger partial charge in [-0.3, -0.25) is 0 Å². The number of likely N-dealkylation sites (N-methyl/N-ethyl adjacent to an activating group) is 1. The SMILES string of the molecule is CN(CC(c1ccc(OC(=O)c2c(F)cccc2F)cc1)c1nccn1C(=O)O)C(=O)OC(C)(C)C. The van der Waals surface area contributed by atoms with Crippen molar-refractivity contribution in [3.8, 4) is 5.75 Å². The van der Waals surface area contributed by atoms with Crippen molar-refractivity contribution in [2.45, 2.75) is 32.3 Å². The Bertz CT molecular complexity index is 1250. The van der Waals surface area contributed by atoms with Gasteiger partial charge < -0.3 is 19.5 Å². The Morgan fingerprint density at radius 3 is 2.25 bits per heavy atom. The molecular formula is C25H25F2N3O6. The van der Waals surface area contributed by atoms with E-state index in [4.69, 9.17) is 9.47 Å². The van der Waals surface area contributed by atoms with Gasteiger partial charge >= 0.3 is 18.2 Å². The van der Waals surface area contributed by atoms with Gasteiger partial charge in [0.15, 0.2) is 0 Å². The molecule has 0 fully saturated rings. The predicted octanol–water partition coefficient (Wildman–Crippen LogP) is 4.91. The number of aromatic nitrogens is 2. The highest BCUT2D eigenvalue weighted by Gasteiger charge is 2.28. The molecule has 1 aromatic heterocycles. The van der Waals surface area contributed by atoms with Gasteiger partial charge in [0, 0.05) is 26.0 Å². The van der Waals surface area contributed by atoms with Gasteiger partial charge in [-0.2, -0.15) is 0 Å². The summed E-state index contributed by atoms with van der Waals surface area (Å²) in [5.74, 6) is -3.86. The van der Waals surface area contributed by atoms with E-state index >= 15 is 0 Å². The number of nitrogens with zero attached hydrogens (tertiary/aromatic N) is 3. The summed E-state index contributed by atoms with van der Waals surface area (Å²) >= 11 is 0. The molecule has 190 valence electrons. The smallest absolute Gasteiger partial charge is 0.417 e. The fourth-order valence-corrected chi connectivity index (χ4v) is 3.38. The van der Waals surface area contributed by atoms with Gasteiger partial charge in [0.1, 0.15) is 34.4 Å². The van der Waals surface area contributed by atoms with Crippen LogP contribution in [0.5, 0.6) is 5.75 Å². The van der Waals surface area contributed by atoms with Crippen molar-refractivity contribution in [3.05, 3.63) is 83.4 Å². The van der Waals surface area contributed by atoms with E-state index < -0.39 is 46.9 Å². The number of hydrogen-bond acceptors (Lipinski definition) is 6. The molecule has 0 saturated carbocycles. The Labute approximate surface area is 205 Å². The third-order valence-electron chi connectivity index (χ3n) is 5.01. The number of imidazole rings is 1. The summed E-state index contributed by atoms with van der Waals surface area (Å²) < 4.78 is 39.2. The van der Waals surface area contributed by atoms with Crippen LogP contribution in [0.2, 0.25) is 0 Å². The first-order valence-corrected chi connectivity index (χ1v) is 10.8. The molecule has 0 aliphatic rings. The van der Waals surface area contributed by atoms with Crippen LogP contribution in [0, 0.1) is 11.6 Å². The number of halogens is 2. The number of esters is 1. The van der Waals surface area contributed by atoms with Gasteiger partial charge in [-0.05, 0) is 50.6 Å². The molecule has 0 aliphatic carbocycles. The summed E-state index contributed by atoms with van der Waals surface area (Å²) in [6, 6.07) is 8.87. The Balaban J connectivity index is 1.88. The molecule has 9 nitrogen and oxygen atoms in total. The van der Waals surface area contributed by atoms with E-state index in [0.29, 0.717) is 5.56 Å². The maximum atomic E-state index is 13.9. The van der Waals surface area contributed by atoms with E-state index in [1.54, 1.807) is 20.8 Å². The molecule has 0 radical (unpaired) electrons. The molecule has 1 atom stereocenters. The number of amides is 1. The van der Waals surface area contributed by atoms with E-state index in [1.165, 1.54) is 48.6 Å². The summed E-state index contributed by atoms with van der Waals surface area (Å²) in [6.45, 7) is 5.18. The minimum absolute atomic E-state index is 0.00669. The minimum atomic E-state index is -1.26. The average molecular weight is 501 g/mol. The first-order valence-electron chi connectivity index (χ1n) is 10.8. The Morgan fingerprint density at radius 1 is 1.08 bits per heavy atom. The molecule has 3 aromatic rings. The number of rotatable bonds is 6. The second-order valence-corrected chi connectivity index (χ2v) is 8.91. The Kier molecular flexibility index (Phi) is 7.71. The largest absolute Gasteiger partial charge is 0.464 e. The third-order valence-corrected chi connectivity index (χ3v) is 5.01. The molecule has 1 N–H and O–H groups in total. The van der Waals surface area contributed by atoms with Crippen LogP contribution in [0.3, 0.4) is 0 Å². The van der Waals surface area contributed by atoms with E-state index in [9.17, 15) is 28.3 Å². The van der Waals surface area contributed by atoms with Crippen molar-refractivity contribution in [1.29, 1.82) is 0 Å². The summed E-state index contributed by atoms with van der Waals surface area (Å²) in [6.07, 6.45) is 0.726. The predicted molar refractivity (Wildman–Crippen MR) is 124 cm³/mol. The zero-order valence-corrected chi connectivity index (χ0v) is 20.1. The van der Waals surface area contributed by atoms with Crippen molar-refractivity contribution < 1.29 is 37.7 Å². The van der Waals surface area contributed by atoms with E-state index in [2.05, 4.69) is 4.98 Å². The highest BCUT2D eigenvalue weighted by molar-refractivity contribution is 5.91. The number of carbonyl (C=O) groups excluding carboxylic acids is 2. The average Bonchev–Trinajstić information content (AvgIpc) is 3.26. The zero-order valence-electron chi connectivity index (χ0n) is 20.1. The molecule has 3 rings (SSSR count). The molecule has 0 saturated heterocycles. The van der Waals surface area contributed by atoms with Crippen LogP contribution in [0.15, 0.2) is 54.9 Å². The fraction of sp³-hybridized carbons (Fsp3) is 0.280. The first kappa shape index (κ1) is 26.3. The summed E-state index contributed by atoms with van der Waals surface area (Å²) in [5.41, 5.74) is -1.01. The lowest BCUT2D eigenvalue weighted by Gasteiger charge is -2.27. The number of benzene rings is 2.